The van der Waals surface area contributed by atoms with E-state index in [4.69, 9.17) is 20.9 Å². The van der Waals surface area contributed by atoms with Gasteiger partial charge in [-0.15, -0.1) is 0 Å². The molecule has 0 saturated heterocycles. The first-order valence-corrected chi connectivity index (χ1v) is 6.59. The molecule has 2 rings (SSSR count). The van der Waals surface area contributed by atoms with Gasteiger partial charge in [0.2, 0.25) is 5.95 Å². The highest BCUT2D eigenvalue weighted by Crippen LogP contribution is 2.39. The third-order valence-corrected chi connectivity index (χ3v) is 3.28. The minimum Gasteiger partial charge on any atom is -0.493 e. The van der Waals surface area contributed by atoms with Crippen molar-refractivity contribution >= 4 is 22.7 Å². The van der Waals surface area contributed by atoms with E-state index in [1.54, 1.807) is 20.3 Å². The average molecular weight is 291 g/mol. The Hall–Kier alpha value is -2.28. The molecular weight excluding hydrogens is 270 g/mol. The lowest BCUT2D eigenvalue weighted by Gasteiger charge is -2.18. The Morgan fingerprint density at radius 2 is 1.86 bits per heavy atom. The van der Waals surface area contributed by atoms with Crippen LogP contribution in [0.3, 0.4) is 0 Å². The molecule has 1 heterocycles. The number of aromatic nitrogens is 2. The highest BCUT2D eigenvalue weighted by atomic mass is 16.5. The first-order valence-electron chi connectivity index (χ1n) is 6.59. The molecule has 0 unspecified atom stereocenters. The lowest BCUT2D eigenvalue weighted by atomic mass is 10.0. The number of nitrogens with zero attached hydrogens (tertiary/aromatic N) is 3. The van der Waals surface area contributed by atoms with Crippen LogP contribution in [0.2, 0.25) is 0 Å². The molecule has 21 heavy (non-hydrogen) atoms. The van der Waals surface area contributed by atoms with Crippen LogP contribution in [0, 0.1) is 0 Å². The van der Waals surface area contributed by atoms with Crippen LogP contribution >= 0.6 is 0 Å². The molecular formula is C14H21N5O2. The van der Waals surface area contributed by atoms with Crippen LogP contribution in [0.1, 0.15) is 5.56 Å². The zero-order valence-electron chi connectivity index (χ0n) is 12.8. The monoisotopic (exact) mass is 291 g/mol. The lowest BCUT2D eigenvalue weighted by Crippen LogP contribution is -2.16. The Bertz CT molecular complexity index is 658. The maximum absolute atomic E-state index is 6.04. The zero-order chi connectivity index (χ0) is 15.6. The van der Waals surface area contributed by atoms with Gasteiger partial charge in [0.15, 0.2) is 11.5 Å². The van der Waals surface area contributed by atoms with Gasteiger partial charge in [0.25, 0.3) is 0 Å². The van der Waals surface area contributed by atoms with Gasteiger partial charge >= 0.3 is 0 Å². The van der Waals surface area contributed by atoms with Gasteiger partial charge in [0.05, 0.1) is 19.7 Å². The van der Waals surface area contributed by atoms with E-state index in [1.165, 1.54) is 0 Å². The van der Waals surface area contributed by atoms with Crippen LogP contribution in [-0.4, -0.2) is 49.7 Å². The quantitative estimate of drug-likeness (QED) is 0.844. The Morgan fingerprint density at radius 1 is 1.14 bits per heavy atom. The maximum Gasteiger partial charge on any atom is 0.222 e. The van der Waals surface area contributed by atoms with Gasteiger partial charge in [0, 0.05) is 23.6 Å². The summed E-state index contributed by atoms with van der Waals surface area (Å²) in [7, 11) is 7.21. The highest BCUT2D eigenvalue weighted by molar-refractivity contribution is 5.95. The van der Waals surface area contributed by atoms with Crippen LogP contribution in [0.4, 0.5) is 11.8 Å². The van der Waals surface area contributed by atoms with E-state index in [0.717, 1.165) is 23.9 Å². The second-order valence-electron chi connectivity index (χ2n) is 5.01. The molecule has 0 fully saturated rings. The summed E-state index contributed by atoms with van der Waals surface area (Å²) in [6.07, 6.45) is 0.737. The molecule has 2 aromatic rings. The second kappa shape index (κ2) is 6.01. The van der Waals surface area contributed by atoms with Gasteiger partial charge in [-0.1, -0.05) is 0 Å². The number of hydrogen-bond acceptors (Lipinski definition) is 7. The number of methoxy groups -OCH3 is 2. The molecule has 0 radical (unpaired) electrons. The number of ether oxygens (including phenoxy) is 2. The van der Waals surface area contributed by atoms with Gasteiger partial charge in [-0.05, 0) is 20.5 Å². The number of benzene rings is 1. The molecule has 4 N–H and O–H groups in total. The number of fused-ring (bicyclic) bond motifs is 1. The van der Waals surface area contributed by atoms with Crippen molar-refractivity contribution in [2.75, 3.05) is 46.3 Å². The van der Waals surface area contributed by atoms with Crippen molar-refractivity contribution in [3.05, 3.63) is 11.6 Å². The van der Waals surface area contributed by atoms with E-state index in [-0.39, 0.29) is 5.95 Å². The van der Waals surface area contributed by atoms with Crippen molar-refractivity contribution in [1.82, 2.24) is 14.9 Å². The number of likely N-dealkylation sites (N-methyl/N-ethyl adjacent to an activating group) is 1. The Labute approximate surface area is 123 Å². The molecule has 0 aliphatic heterocycles. The molecule has 7 heteroatoms. The topological polar surface area (TPSA) is 99.5 Å². The van der Waals surface area contributed by atoms with Gasteiger partial charge in [-0.3, -0.25) is 0 Å². The van der Waals surface area contributed by atoms with Crippen molar-refractivity contribution < 1.29 is 9.47 Å². The minimum absolute atomic E-state index is 0.144. The summed E-state index contributed by atoms with van der Waals surface area (Å²) < 4.78 is 10.9. The standard InChI is InChI=1S/C14H21N5O2/c1-19(2)6-5-8-11-9(17-14(16)18-13(11)15)7-10(20-3)12(8)21-4/h7H,5-6H2,1-4H3,(H4,15,16,17,18). The van der Waals surface area contributed by atoms with Gasteiger partial charge in [-0.25, -0.2) is 4.98 Å². The van der Waals surface area contributed by atoms with Crippen molar-refractivity contribution in [2.24, 2.45) is 0 Å². The van der Waals surface area contributed by atoms with Crippen LogP contribution in [0.15, 0.2) is 6.07 Å². The third kappa shape index (κ3) is 2.92. The molecule has 7 nitrogen and oxygen atoms in total. The number of nitrogen functional groups attached to an aromatic ring is 2. The van der Waals surface area contributed by atoms with Crippen molar-refractivity contribution in [3.8, 4) is 11.5 Å². The maximum atomic E-state index is 6.04. The molecule has 0 amide bonds. The molecule has 0 atom stereocenters. The van der Waals surface area contributed by atoms with Gasteiger partial charge in [0.1, 0.15) is 5.82 Å². The molecule has 1 aromatic heterocycles. The predicted molar refractivity (Wildman–Crippen MR) is 83.7 cm³/mol. The molecule has 0 aliphatic carbocycles. The van der Waals surface area contributed by atoms with E-state index in [2.05, 4.69) is 14.9 Å². The van der Waals surface area contributed by atoms with Crippen molar-refractivity contribution in [3.63, 3.8) is 0 Å². The Balaban J connectivity index is 2.74. The fourth-order valence-electron chi connectivity index (χ4n) is 2.33. The lowest BCUT2D eigenvalue weighted by molar-refractivity contribution is 0.349. The number of rotatable bonds is 5. The molecule has 0 saturated carbocycles. The number of anilines is 2. The predicted octanol–water partition coefficient (Wildman–Crippen LogP) is 0.915. The fourth-order valence-corrected chi connectivity index (χ4v) is 2.33. The van der Waals surface area contributed by atoms with Crippen molar-refractivity contribution in [2.45, 2.75) is 6.42 Å². The highest BCUT2D eigenvalue weighted by Gasteiger charge is 2.19. The van der Waals surface area contributed by atoms with Crippen LogP contribution in [-0.2, 0) is 6.42 Å². The largest absolute Gasteiger partial charge is 0.493 e. The van der Waals surface area contributed by atoms with E-state index in [1.807, 2.05) is 14.1 Å². The summed E-state index contributed by atoms with van der Waals surface area (Å²) >= 11 is 0. The van der Waals surface area contributed by atoms with E-state index in [9.17, 15) is 0 Å². The van der Waals surface area contributed by atoms with E-state index in [0.29, 0.717) is 22.8 Å². The molecule has 1 aromatic carbocycles. The van der Waals surface area contributed by atoms with E-state index >= 15 is 0 Å². The third-order valence-electron chi connectivity index (χ3n) is 3.28. The SMILES string of the molecule is COc1cc2nc(N)nc(N)c2c(CCN(C)C)c1OC. The molecule has 0 spiro atoms. The average Bonchev–Trinajstić information content (AvgIpc) is 2.42. The zero-order valence-corrected chi connectivity index (χ0v) is 12.8. The first kappa shape index (κ1) is 15.1. The molecule has 0 bridgehead atoms. The number of hydrogen-bond donors (Lipinski definition) is 2. The van der Waals surface area contributed by atoms with Gasteiger partial charge < -0.3 is 25.8 Å². The molecule has 114 valence electrons. The normalized spacial score (nSPS) is 11.1. The smallest absolute Gasteiger partial charge is 0.222 e. The minimum atomic E-state index is 0.144. The summed E-state index contributed by atoms with van der Waals surface area (Å²) in [5.41, 5.74) is 13.3. The van der Waals surface area contributed by atoms with Crippen molar-refractivity contribution in [1.29, 1.82) is 0 Å². The summed E-state index contributed by atoms with van der Waals surface area (Å²) in [5, 5.41) is 0.767. The Kier molecular flexibility index (Phi) is 4.32. The number of nitrogens with two attached hydrogens (primary N) is 2. The molecule has 0 aliphatic rings. The summed E-state index contributed by atoms with van der Waals surface area (Å²) in [6, 6.07) is 1.77. The van der Waals surface area contributed by atoms with Crippen LogP contribution < -0.4 is 20.9 Å². The second-order valence-corrected chi connectivity index (χ2v) is 5.01. The van der Waals surface area contributed by atoms with Gasteiger partial charge in [-0.2, -0.15) is 4.98 Å². The van der Waals surface area contributed by atoms with Crippen LogP contribution in [0.5, 0.6) is 11.5 Å². The first-order chi connectivity index (χ1) is 9.97. The summed E-state index contributed by atoms with van der Waals surface area (Å²) in [4.78, 5) is 10.4. The van der Waals surface area contributed by atoms with E-state index < -0.39 is 0 Å². The summed E-state index contributed by atoms with van der Waals surface area (Å²) in [6.45, 7) is 0.836. The fraction of sp³-hybridized carbons (Fsp3) is 0.429. The summed E-state index contributed by atoms with van der Waals surface area (Å²) in [5.74, 6) is 1.76. The van der Waals surface area contributed by atoms with Crippen LogP contribution in [0.25, 0.3) is 10.9 Å². The Morgan fingerprint density at radius 3 is 2.43 bits per heavy atom.